The lowest BCUT2D eigenvalue weighted by Crippen LogP contribution is -2.34. The third-order valence-corrected chi connectivity index (χ3v) is 6.80. The highest BCUT2D eigenvalue weighted by molar-refractivity contribution is 9.10. The molecule has 3 amide bonds. The minimum absolute atomic E-state index is 0.0531. The number of carbonyl (C=O) groups excluding carboxylic acids is 3. The average Bonchev–Trinajstić information content (AvgIpc) is 3.10. The van der Waals surface area contributed by atoms with Gasteiger partial charge in [-0.2, -0.15) is 0 Å². The summed E-state index contributed by atoms with van der Waals surface area (Å²) in [6.07, 6.45) is 0. The first-order chi connectivity index (χ1) is 16.8. The van der Waals surface area contributed by atoms with Gasteiger partial charge in [-0.3, -0.25) is 19.7 Å². The van der Waals surface area contributed by atoms with Crippen LogP contribution in [-0.4, -0.2) is 22.8 Å². The zero-order chi connectivity index (χ0) is 24.7. The van der Waals surface area contributed by atoms with E-state index in [9.17, 15) is 14.4 Å². The van der Waals surface area contributed by atoms with Gasteiger partial charge in [0.05, 0.1) is 27.5 Å². The summed E-state index contributed by atoms with van der Waals surface area (Å²) in [6.45, 7) is 0. The van der Waals surface area contributed by atoms with Crippen molar-refractivity contribution >= 4 is 84.7 Å². The van der Waals surface area contributed by atoms with Gasteiger partial charge < -0.3 is 5.32 Å². The van der Waals surface area contributed by atoms with E-state index < -0.39 is 11.8 Å². The van der Waals surface area contributed by atoms with E-state index in [0.717, 1.165) is 20.1 Å². The van der Waals surface area contributed by atoms with E-state index in [2.05, 4.69) is 26.6 Å². The molecule has 1 heterocycles. The van der Waals surface area contributed by atoms with Gasteiger partial charge in [-0.15, -0.1) is 0 Å². The highest BCUT2D eigenvalue weighted by atomic mass is 79.9. The van der Waals surface area contributed by atoms with Crippen LogP contribution in [0.15, 0.2) is 83.3 Å². The van der Waals surface area contributed by atoms with E-state index in [0.29, 0.717) is 28.1 Å². The van der Waals surface area contributed by atoms with E-state index in [1.807, 2.05) is 24.3 Å². The molecule has 0 saturated carbocycles. The Morgan fingerprint density at radius 1 is 0.857 bits per heavy atom. The molecule has 0 unspecified atom stereocenters. The molecule has 5 rings (SSSR count). The van der Waals surface area contributed by atoms with Crippen LogP contribution in [0.2, 0.25) is 5.02 Å². The molecule has 0 aliphatic carbocycles. The van der Waals surface area contributed by atoms with Crippen molar-refractivity contribution in [2.24, 2.45) is 0 Å². The molecular formula is C26H15BrClN3O3S. The Balaban J connectivity index is 1.32. The minimum atomic E-state index is -0.410. The van der Waals surface area contributed by atoms with Crippen molar-refractivity contribution in [1.82, 2.24) is 5.32 Å². The Labute approximate surface area is 219 Å². The van der Waals surface area contributed by atoms with Crippen molar-refractivity contribution in [2.45, 2.75) is 0 Å². The highest BCUT2D eigenvalue weighted by Crippen LogP contribution is 2.33. The van der Waals surface area contributed by atoms with Crippen LogP contribution in [0.1, 0.15) is 31.1 Å². The smallest absolute Gasteiger partial charge is 0.266 e. The molecule has 0 fully saturated rings. The van der Waals surface area contributed by atoms with Crippen molar-refractivity contribution in [2.75, 3.05) is 10.2 Å². The second kappa shape index (κ2) is 9.22. The molecule has 172 valence electrons. The number of anilines is 2. The number of rotatable bonds is 3. The minimum Gasteiger partial charge on any atom is -0.331 e. The Kier molecular flexibility index (Phi) is 6.10. The molecule has 0 atom stereocenters. The van der Waals surface area contributed by atoms with E-state index in [-0.39, 0.29) is 16.0 Å². The fraction of sp³-hybridized carbons (Fsp3) is 0. The molecule has 35 heavy (non-hydrogen) atoms. The molecule has 2 N–H and O–H groups in total. The van der Waals surface area contributed by atoms with Crippen LogP contribution < -0.4 is 15.5 Å². The van der Waals surface area contributed by atoms with Crippen LogP contribution >= 0.6 is 39.7 Å². The van der Waals surface area contributed by atoms with Crippen LogP contribution in [0.25, 0.3) is 10.8 Å². The fourth-order valence-electron chi connectivity index (χ4n) is 3.96. The number of fused-ring (bicyclic) bond motifs is 2. The lowest BCUT2D eigenvalue weighted by molar-refractivity contribution is 0.0923. The van der Waals surface area contributed by atoms with Crippen molar-refractivity contribution in [3.05, 3.63) is 105 Å². The van der Waals surface area contributed by atoms with Crippen molar-refractivity contribution < 1.29 is 14.4 Å². The molecule has 9 heteroatoms. The molecule has 1 aliphatic rings. The third-order valence-electron chi connectivity index (χ3n) is 5.59. The molecule has 0 bridgehead atoms. The van der Waals surface area contributed by atoms with Gasteiger partial charge in [-0.1, -0.05) is 63.9 Å². The van der Waals surface area contributed by atoms with Crippen molar-refractivity contribution in [3.8, 4) is 0 Å². The molecule has 0 aromatic heterocycles. The maximum absolute atomic E-state index is 12.9. The van der Waals surface area contributed by atoms with Gasteiger partial charge in [0.1, 0.15) is 0 Å². The summed E-state index contributed by atoms with van der Waals surface area (Å²) in [6, 6.07) is 22.4. The summed E-state index contributed by atoms with van der Waals surface area (Å²) in [7, 11) is 0. The number of thiocarbonyl (C=S) groups is 1. The summed E-state index contributed by atoms with van der Waals surface area (Å²) in [5.74, 6) is -1.19. The monoisotopic (exact) mass is 563 g/mol. The number of benzene rings is 4. The van der Waals surface area contributed by atoms with Crippen molar-refractivity contribution in [3.63, 3.8) is 0 Å². The molecule has 0 spiro atoms. The van der Waals surface area contributed by atoms with Crippen LogP contribution in [0.3, 0.4) is 0 Å². The molecular weight excluding hydrogens is 550 g/mol. The Bertz CT molecular complexity index is 1540. The van der Waals surface area contributed by atoms with Crippen LogP contribution in [0, 0.1) is 0 Å². The first-order valence-corrected chi connectivity index (χ1v) is 12.0. The highest BCUT2D eigenvalue weighted by Gasteiger charge is 2.36. The van der Waals surface area contributed by atoms with Gasteiger partial charge in [0.25, 0.3) is 17.7 Å². The predicted octanol–water partition coefficient (Wildman–Crippen LogP) is 6.18. The Morgan fingerprint density at radius 2 is 1.51 bits per heavy atom. The molecule has 0 radical (unpaired) electrons. The number of amides is 3. The summed E-state index contributed by atoms with van der Waals surface area (Å²) >= 11 is 15.2. The summed E-state index contributed by atoms with van der Waals surface area (Å²) in [4.78, 5) is 39.4. The van der Waals surface area contributed by atoms with Gasteiger partial charge in [0, 0.05) is 10.0 Å². The number of imide groups is 1. The van der Waals surface area contributed by atoms with Crippen LogP contribution in [0.5, 0.6) is 0 Å². The summed E-state index contributed by atoms with van der Waals surface area (Å²) in [5.41, 5.74) is 1.92. The number of nitrogens with one attached hydrogen (secondary N) is 2. The number of halogens is 2. The topological polar surface area (TPSA) is 78.5 Å². The third kappa shape index (κ3) is 4.20. The maximum Gasteiger partial charge on any atom is 0.266 e. The first kappa shape index (κ1) is 23.2. The Morgan fingerprint density at radius 3 is 2.20 bits per heavy atom. The van der Waals surface area contributed by atoms with Gasteiger partial charge in [0.15, 0.2) is 5.11 Å². The number of hydrogen-bond donors (Lipinski definition) is 2. The molecule has 6 nitrogen and oxygen atoms in total. The van der Waals surface area contributed by atoms with Crippen LogP contribution in [-0.2, 0) is 0 Å². The molecule has 4 aromatic carbocycles. The van der Waals surface area contributed by atoms with Crippen LogP contribution in [0.4, 0.5) is 11.4 Å². The molecule has 4 aromatic rings. The lowest BCUT2D eigenvalue weighted by Gasteiger charge is -2.17. The first-order valence-electron chi connectivity index (χ1n) is 10.4. The van der Waals surface area contributed by atoms with E-state index in [4.69, 9.17) is 23.8 Å². The number of nitrogens with zero attached hydrogens (tertiary/aromatic N) is 1. The second-order valence-corrected chi connectivity index (χ2v) is 9.37. The van der Waals surface area contributed by atoms with Gasteiger partial charge in [-0.25, -0.2) is 4.90 Å². The van der Waals surface area contributed by atoms with Gasteiger partial charge >= 0.3 is 0 Å². The van der Waals surface area contributed by atoms with E-state index in [1.54, 1.807) is 48.5 Å². The zero-order valence-electron chi connectivity index (χ0n) is 17.8. The van der Waals surface area contributed by atoms with Crippen molar-refractivity contribution in [1.29, 1.82) is 0 Å². The SMILES string of the molecule is O=C(NC(=S)Nc1ccc(N2C(=O)c3ccccc3C2=O)cc1Cl)c1cccc2c(Br)cccc12. The lowest BCUT2D eigenvalue weighted by atomic mass is 10.0. The fourth-order valence-corrected chi connectivity index (χ4v) is 4.88. The standard InChI is InChI=1S/C26H15BrClN3O3S/c27-20-10-4-7-15-16(20)8-3-9-17(15)23(32)30-26(35)29-22-12-11-14(13-21(22)28)31-24(33)18-5-1-2-6-19(18)25(31)34/h1-13H,(H2,29,30,32,35). The van der Waals surface area contributed by atoms with E-state index in [1.165, 1.54) is 6.07 Å². The summed E-state index contributed by atoms with van der Waals surface area (Å²) < 4.78 is 0.885. The quantitative estimate of drug-likeness (QED) is 0.229. The second-order valence-electron chi connectivity index (χ2n) is 7.70. The average molecular weight is 565 g/mol. The summed E-state index contributed by atoms with van der Waals surface area (Å²) in [5, 5.41) is 7.54. The normalized spacial score (nSPS) is 12.6. The largest absolute Gasteiger partial charge is 0.331 e. The van der Waals surface area contributed by atoms with E-state index >= 15 is 0 Å². The Hall–Kier alpha value is -3.59. The number of hydrogen-bond acceptors (Lipinski definition) is 4. The molecule has 0 saturated heterocycles. The number of carbonyl (C=O) groups is 3. The zero-order valence-corrected chi connectivity index (χ0v) is 21.0. The van der Waals surface area contributed by atoms with Gasteiger partial charge in [0.2, 0.25) is 0 Å². The predicted molar refractivity (Wildman–Crippen MR) is 144 cm³/mol. The molecule has 1 aliphatic heterocycles. The van der Waals surface area contributed by atoms with Gasteiger partial charge in [-0.05, 0) is 65.5 Å². The maximum atomic E-state index is 12.9.